The van der Waals surface area contributed by atoms with E-state index in [1.165, 1.54) is 23.5 Å². The van der Waals surface area contributed by atoms with E-state index >= 15 is 0 Å². The van der Waals surface area contributed by atoms with Gasteiger partial charge in [0.25, 0.3) is 5.91 Å². The van der Waals surface area contributed by atoms with Gasteiger partial charge in [0, 0.05) is 18.7 Å². The minimum absolute atomic E-state index is 0.229. The van der Waals surface area contributed by atoms with Crippen molar-refractivity contribution >= 4 is 42.6 Å². The van der Waals surface area contributed by atoms with E-state index < -0.39 is 10.0 Å². The Morgan fingerprint density at radius 1 is 1.03 bits per heavy atom. The molecule has 0 bridgehead atoms. The number of benzene rings is 2. The van der Waals surface area contributed by atoms with Crippen LogP contribution in [0.5, 0.6) is 0 Å². The number of rotatable bonds is 5. The van der Waals surface area contributed by atoms with Gasteiger partial charge in [-0.3, -0.25) is 10.1 Å². The summed E-state index contributed by atoms with van der Waals surface area (Å²) in [5.41, 5.74) is 2.46. The largest absolute Gasteiger partial charge is 0.298 e. The van der Waals surface area contributed by atoms with E-state index in [1.807, 2.05) is 12.1 Å². The summed E-state index contributed by atoms with van der Waals surface area (Å²) in [6.45, 7) is 5.35. The highest BCUT2D eigenvalue weighted by Gasteiger charge is 2.25. The van der Waals surface area contributed by atoms with E-state index in [0.717, 1.165) is 41.5 Å². The zero-order valence-electron chi connectivity index (χ0n) is 17.8. The highest BCUT2D eigenvalue weighted by atomic mass is 32.2. The molecule has 1 N–H and O–H groups in total. The molecule has 0 unspecified atom stereocenters. The summed E-state index contributed by atoms with van der Waals surface area (Å²) < 4.78 is 28.4. The number of amides is 1. The van der Waals surface area contributed by atoms with Gasteiger partial charge in [-0.2, -0.15) is 4.31 Å². The smallest absolute Gasteiger partial charge is 0.257 e. The lowest BCUT2D eigenvalue weighted by Crippen LogP contribution is -2.31. The Kier molecular flexibility index (Phi) is 6.41. The van der Waals surface area contributed by atoms with Gasteiger partial charge >= 0.3 is 0 Å². The van der Waals surface area contributed by atoms with Gasteiger partial charge in [0.2, 0.25) is 10.0 Å². The number of para-hydroxylation sites is 1. The molecule has 1 fully saturated rings. The molecule has 0 spiro atoms. The number of hydrogen-bond acceptors (Lipinski definition) is 5. The van der Waals surface area contributed by atoms with Gasteiger partial charge in [0.15, 0.2) is 5.13 Å². The molecule has 164 valence electrons. The minimum Gasteiger partial charge on any atom is -0.298 e. The van der Waals surface area contributed by atoms with Crippen molar-refractivity contribution in [1.82, 2.24) is 9.29 Å². The fraction of sp³-hybridized carbons (Fsp3) is 0.391. The van der Waals surface area contributed by atoms with Crippen molar-refractivity contribution in [3.8, 4) is 0 Å². The summed E-state index contributed by atoms with van der Waals surface area (Å²) in [6, 6.07) is 12.2. The molecule has 2 heterocycles. The van der Waals surface area contributed by atoms with Gasteiger partial charge in [0.05, 0.1) is 15.1 Å². The maximum atomic E-state index is 12.9. The van der Waals surface area contributed by atoms with Crippen LogP contribution in [0.1, 0.15) is 61.4 Å². The van der Waals surface area contributed by atoms with Crippen molar-refractivity contribution in [3.05, 3.63) is 53.6 Å². The lowest BCUT2D eigenvalue weighted by atomic mass is 10.0. The molecule has 6 nitrogen and oxygen atoms in total. The summed E-state index contributed by atoms with van der Waals surface area (Å²) in [7, 11) is -3.53. The summed E-state index contributed by atoms with van der Waals surface area (Å²) in [5.74, 6) is 0.0388. The Bertz CT molecular complexity index is 1180. The third-order valence-electron chi connectivity index (χ3n) is 5.61. The second-order valence-corrected chi connectivity index (χ2v) is 11.1. The number of hydrogen-bond donors (Lipinski definition) is 1. The van der Waals surface area contributed by atoms with Crippen molar-refractivity contribution in [2.75, 3.05) is 18.4 Å². The van der Waals surface area contributed by atoms with Crippen LogP contribution in [-0.2, 0) is 10.0 Å². The van der Waals surface area contributed by atoms with E-state index in [2.05, 4.69) is 30.2 Å². The molecule has 1 saturated heterocycles. The molecular weight excluding hydrogens is 430 g/mol. The first-order chi connectivity index (χ1) is 14.9. The molecule has 1 aromatic heterocycles. The first-order valence-corrected chi connectivity index (χ1v) is 12.9. The third kappa shape index (κ3) is 4.66. The average molecular weight is 458 g/mol. The number of fused-ring (bicyclic) bond motifs is 1. The molecule has 0 aliphatic carbocycles. The van der Waals surface area contributed by atoms with Gasteiger partial charge in [0.1, 0.15) is 0 Å². The van der Waals surface area contributed by atoms with Crippen LogP contribution in [-0.4, -0.2) is 36.7 Å². The van der Waals surface area contributed by atoms with E-state index in [9.17, 15) is 13.2 Å². The lowest BCUT2D eigenvalue weighted by Gasteiger charge is -2.20. The number of anilines is 1. The fourth-order valence-corrected chi connectivity index (χ4v) is 6.28. The molecule has 0 radical (unpaired) electrons. The van der Waals surface area contributed by atoms with E-state index in [1.54, 1.807) is 16.4 Å². The zero-order valence-corrected chi connectivity index (χ0v) is 19.4. The highest BCUT2D eigenvalue weighted by molar-refractivity contribution is 7.89. The molecule has 1 amide bonds. The minimum atomic E-state index is -3.53. The molecule has 31 heavy (non-hydrogen) atoms. The van der Waals surface area contributed by atoms with Crippen LogP contribution in [0.3, 0.4) is 0 Å². The Balaban J connectivity index is 1.51. The van der Waals surface area contributed by atoms with E-state index in [-0.39, 0.29) is 10.8 Å². The predicted octanol–water partition coefficient (Wildman–Crippen LogP) is 5.24. The second kappa shape index (κ2) is 9.06. The highest BCUT2D eigenvalue weighted by Crippen LogP contribution is 2.32. The van der Waals surface area contributed by atoms with Crippen molar-refractivity contribution < 1.29 is 13.2 Å². The van der Waals surface area contributed by atoms with Crippen molar-refractivity contribution in [2.45, 2.75) is 50.3 Å². The van der Waals surface area contributed by atoms with Crippen LogP contribution >= 0.6 is 11.3 Å². The summed E-state index contributed by atoms with van der Waals surface area (Å²) in [4.78, 5) is 17.6. The zero-order chi connectivity index (χ0) is 22.0. The molecule has 0 atom stereocenters. The number of sulfonamides is 1. The van der Waals surface area contributed by atoms with E-state index in [0.29, 0.717) is 29.7 Å². The molecule has 3 aromatic rings. The summed E-state index contributed by atoms with van der Waals surface area (Å²) in [6.07, 6.45) is 3.91. The van der Waals surface area contributed by atoms with Crippen molar-refractivity contribution in [3.63, 3.8) is 0 Å². The molecule has 2 aromatic carbocycles. The van der Waals surface area contributed by atoms with Gasteiger partial charge in [-0.15, -0.1) is 0 Å². The normalized spacial score (nSPS) is 15.8. The summed E-state index contributed by atoms with van der Waals surface area (Å²) >= 11 is 1.43. The second-order valence-electron chi connectivity index (χ2n) is 8.16. The first kappa shape index (κ1) is 21.9. The Labute approximate surface area is 187 Å². The van der Waals surface area contributed by atoms with Gasteiger partial charge < -0.3 is 0 Å². The number of nitrogens with one attached hydrogen (secondary N) is 1. The SMILES string of the molecule is CC(C)c1cccc2sc(NC(=O)c3ccc(S(=O)(=O)N4CCCCCC4)cc3)nc12. The van der Waals surface area contributed by atoms with Gasteiger partial charge in [-0.05, 0) is 54.7 Å². The Hall–Kier alpha value is -2.29. The van der Waals surface area contributed by atoms with Crippen LogP contribution in [0.15, 0.2) is 47.4 Å². The maximum Gasteiger partial charge on any atom is 0.257 e. The monoisotopic (exact) mass is 457 g/mol. The third-order valence-corrected chi connectivity index (χ3v) is 8.46. The van der Waals surface area contributed by atoms with Crippen molar-refractivity contribution in [1.29, 1.82) is 0 Å². The van der Waals surface area contributed by atoms with Gasteiger partial charge in [-0.1, -0.05) is 50.2 Å². The fourth-order valence-electron chi connectivity index (χ4n) is 3.87. The number of carbonyl (C=O) groups is 1. The maximum absolute atomic E-state index is 12.9. The topological polar surface area (TPSA) is 79.4 Å². The average Bonchev–Trinajstić information content (AvgIpc) is 2.96. The Morgan fingerprint density at radius 3 is 2.35 bits per heavy atom. The van der Waals surface area contributed by atoms with Crippen LogP contribution in [0.4, 0.5) is 5.13 Å². The molecule has 1 aliphatic rings. The molecular formula is C23H27N3O3S2. The van der Waals surface area contributed by atoms with Crippen LogP contribution < -0.4 is 5.32 Å². The first-order valence-electron chi connectivity index (χ1n) is 10.7. The van der Waals surface area contributed by atoms with E-state index in [4.69, 9.17) is 0 Å². The lowest BCUT2D eigenvalue weighted by molar-refractivity contribution is 0.102. The van der Waals surface area contributed by atoms with Crippen molar-refractivity contribution in [2.24, 2.45) is 0 Å². The standard InChI is InChI=1S/C23H27N3O3S2/c1-16(2)19-8-7-9-20-21(19)24-23(30-20)25-22(27)17-10-12-18(13-11-17)31(28,29)26-14-5-3-4-6-15-26/h7-13,16H,3-6,14-15H2,1-2H3,(H,24,25,27). The number of aromatic nitrogens is 1. The predicted molar refractivity (Wildman–Crippen MR) is 125 cm³/mol. The van der Waals surface area contributed by atoms with Crippen LogP contribution in [0, 0.1) is 0 Å². The quantitative estimate of drug-likeness (QED) is 0.568. The van der Waals surface area contributed by atoms with Crippen LogP contribution in [0.25, 0.3) is 10.2 Å². The van der Waals surface area contributed by atoms with Gasteiger partial charge in [-0.25, -0.2) is 13.4 Å². The number of nitrogens with zero attached hydrogens (tertiary/aromatic N) is 2. The summed E-state index contributed by atoms with van der Waals surface area (Å²) in [5, 5.41) is 3.39. The number of thiazole rings is 1. The molecule has 4 rings (SSSR count). The number of carbonyl (C=O) groups excluding carboxylic acids is 1. The molecule has 8 heteroatoms. The molecule has 0 saturated carbocycles. The Morgan fingerprint density at radius 2 is 1.71 bits per heavy atom. The van der Waals surface area contributed by atoms with Crippen LogP contribution in [0.2, 0.25) is 0 Å². The molecule has 1 aliphatic heterocycles.